The molecule has 3 rings (SSSR count). The van der Waals surface area contributed by atoms with Gasteiger partial charge in [-0.2, -0.15) is 5.10 Å². The third-order valence-corrected chi connectivity index (χ3v) is 5.08. The van der Waals surface area contributed by atoms with Crippen LogP contribution in [-0.2, 0) is 4.79 Å². The molecule has 5 nitrogen and oxygen atoms in total. The fraction of sp³-hybridized carbons (Fsp3) is 0.182. The smallest absolute Gasteiger partial charge is 0.277 e. The highest BCUT2D eigenvalue weighted by molar-refractivity contribution is 9.10. The maximum absolute atomic E-state index is 12.0. The number of carbonyl (C=O) groups is 1. The van der Waals surface area contributed by atoms with Crippen LogP contribution in [0.5, 0.6) is 5.75 Å². The summed E-state index contributed by atoms with van der Waals surface area (Å²) >= 11 is 3.60. The second kappa shape index (κ2) is 8.89. The summed E-state index contributed by atoms with van der Waals surface area (Å²) in [5.41, 5.74) is 7.62. The molecule has 0 aliphatic heterocycles. The van der Waals surface area contributed by atoms with Gasteiger partial charge in [0.15, 0.2) is 6.61 Å². The van der Waals surface area contributed by atoms with E-state index in [1.54, 1.807) is 6.21 Å². The average Bonchev–Trinajstić information content (AvgIpc) is 2.95. The molecule has 28 heavy (non-hydrogen) atoms. The number of hydrazone groups is 1. The van der Waals surface area contributed by atoms with Crippen molar-refractivity contribution >= 4 is 28.1 Å². The van der Waals surface area contributed by atoms with Gasteiger partial charge in [-0.05, 0) is 66.5 Å². The summed E-state index contributed by atoms with van der Waals surface area (Å²) in [5.74, 6) is 0.387. The molecule has 0 aliphatic carbocycles. The maximum Gasteiger partial charge on any atom is 0.277 e. The number of benzene rings is 2. The zero-order valence-electron chi connectivity index (χ0n) is 16.1. The van der Waals surface area contributed by atoms with Crippen molar-refractivity contribution in [1.29, 1.82) is 0 Å². The van der Waals surface area contributed by atoms with Crippen molar-refractivity contribution < 1.29 is 9.53 Å². The normalized spacial score (nSPS) is 11.0. The number of hydrogen-bond acceptors (Lipinski definition) is 3. The number of nitrogens with zero attached hydrogens (tertiary/aromatic N) is 2. The van der Waals surface area contributed by atoms with Crippen molar-refractivity contribution in [1.82, 2.24) is 9.99 Å². The van der Waals surface area contributed by atoms with Gasteiger partial charge in [-0.15, -0.1) is 0 Å². The van der Waals surface area contributed by atoms with Crippen molar-refractivity contribution in [3.8, 4) is 11.4 Å². The second-order valence-corrected chi connectivity index (χ2v) is 7.31. The number of hydrogen-bond donors (Lipinski definition) is 1. The summed E-state index contributed by atoms with van der Waals surface area (Å²) in [6.07, 6.45) is 1.65. The zero-order valence-corrected chi connectivity index (χ0v) is 17.7. The molecule has 6 heteroatoms. The highest BCUT2D eigenvalue weighted by atomic mass is 79.9. The van der Waals surface area contributed by atoms with Crippen LogP contribution in [0.25, 0.3) is 5.69 Å². The summed E-state index contributed by atoms with van der Waals surface area (Å²) in [6.45, 7) is 5.92. The molecule has 0 atom stereocenters. The Bertz CT molecular complexity index is 1020. The molecule has 1 amide bonds. The van der Waals surface area contributed by atoms with Gasteiger partial charge in [0.25, 0.3) is 5.91 Å². The maximum atomic E-state index is 12.0. The molecule has 0 radical (unpaired) electrons. The van der Waals surface area contributed by atoms with E-state index in [1.807, 2.05) is 69.3 Å². The molecule has 0 saturated heterocycles. The largest absolute Gasteiger partial charge is 0.483 e. The lowest BCUT2D eigenvalue weighted by Crippen LogP contribution is -2.24. The Kier molecular flexibility index (Phi) is 6.31. The van der Waals surface area contributed by atoms with Gasteiger partial charge in [-0.3, -0.25) is 4.79 Å². The molecular weight excluding hydrogens is 418 g/mol. The molecule has 1 aromatic heterocycles. The van der Waals surface area contributed by atoms with Crippen LogP contribution in [0.3, 0.4) is 0 Å². The van der Waals surface area contributed by atoms with Crippen LogP contribution in [0.4, 0.5) is 0 Å². The van der Waals surface area contributed by atoms with Crippen LogP contribution in [-0.4, -0.2) is 23.3 Å². The van der Waals surface area contributed by atoms with Gasteiger partial charge in [0.05, 0.1) is 11.9 Å². The van der Waals surface area contributed by atoms with Gasteiger partial charge in [0.2, 0.25) is 0 Å². The third kappa shape index (κ3) is 4.51. The number of amides is 1. The van der Waals surface area contributed by atoms with E-state index in [0.29, 0.717) is 5.75 Å². The number of nitrogens with one attached hydrogen (secondary N) is 1. The summed E-state index contributed by atoms with van der Waals surface area (Å²) < 4.78 is 8.69. The van der Waals surface area contributed by atoms with Gasteiger partial charge >= 0.3 is 0 Å². The summed E-state index contributed by atoms with van der Waals surface area (Å²) in [4.78, 5) is 12.0. The first kappa shape index (κ1) is 19.9. The minimum atomic E-state index is -0.306. The van der Waals surface area contributed by atoms with Gasteiger partial charge < -0.3 is 9.30 Å². The van der Waals surface area contributed by atoms with Crippen LogP contribution in [0.2, 0.25) is 0 Å². The molecule has 0 fully saturated rings. The summed E-state index contributed by atoms with van der Waals surface area (Å²) in [6, 6.07) is 17.7. The lowest BCUT2D eigenvalue weighted by molar-refractivity contribution is -0.123. The molecule has 1 N–H and O–H groups in total. The molecule has 0 saturated carbocycles. The number of aromatic nitrogens is 1. The highest BCUT2D eigenvalue weighted by Gasteiger charge is 2.11. The van der Waals surface area contributed by atoms with E-state index < -0.39 is 0 Å². The lowest BCUT2D eigenvalue weighted by atomic mass is 10.2. The molecule has 0 aliphatic rings. The Morgan fingerprint density at radius 2 is 1.86 bits per heavy atom. The van der Waals surface area contributed by atoms with E-state index in [0.717, 1.165) is 32.7 Å². The summed E-state index contributed by atoms with van der Waals surface area (Å²) in [7, 11) is 0. The molecule has 0 bridgehead atoms. The van der Waals surface area contributed by atoms with Crippen LogP contribution < -0.4 is 10.2 Å². The summed E-state index contributed by atoms with van der Waals surface area (Å²) in [5, 5.41) is 4.08. The van der Waals surface area contributed by atoms with E-state index in [-0.39, 0.29) is 12.5 Å². The Morgan fingerprint density at radius 3 is 2.61 bits per heavy atom. The number of para-hydroxylation sites is 2. The second-order valence-electron chi connectivity index (χ2n) is 6.46. The minimum Gasteiger partial charge on any atom is -0.483 e. The van der Waals surface area contributed by atoms with Gasteiger partial charge in [-0.1, -0.05) is 30.3 Å². The van der Waals surface area contributed by atoms with Gasteiger partial charge in [0, 0.05) is 21.4 Å². The van der Waals surface area contributed by atoms with E-state index >= 15 is 0 Å². The van der Waals surface area contributed by atoms with Crippen molar-refractivity contribution in [2.75, 3.05) is 6.61 Å². The van der Waals surface area contributed by atoms with Crippen LogP contribution in [0.1, 0.15) is 22.5 Å². The van der Waals surface area contributed by atoms with E-state index in [4.69, 9.17) is 4.74 Å². The van der Waals surface area contributed by atoms with Crippen molar-refractivity contribution in [3.63, 3.8) is 0 Å². The lowest BCUT2D eigenvalue weighted by Gasteiger charge is -2.11. The SMILES string of the molecule is Cc1ccccc1OCC(=O)N/N=C/c1cc(C)n(-c2ccccc2Br)c1C. The molecule has 2 aromatic carbocycles. The number of halogens is 1. The Hall–Kier alpha value is -2.86. The predicted octanol–water partition coefficient (Wildman–Crippen LogP) is 4.69. The number of aryl methyl sites for hydroxylation is 2. The fourth-order valence-corrected chi connectivity index (χ4v) is 3.45. The van der Waals surface area contributed by atoms with Crippen molar-refractivity contribution in [2.24, 2.45) is 5.10 Å². The Labute approximate surface area is 173 Å². The minimum absolute atomic E-state index is 0.0851. The molecule has 3 aromatic rings. The predicted molar refractivity (Wildman–Crippen MR) is 115 cm³/mol. The van der Waals surface area contributed by atoms with Gasteiger partial charge in [-0.25, -0.2) is 5.43 Å². The van der Waals surface area contributed by atoms with E-state index in [1.165, 1.54) is 0 Å². The molecule has 0 spiro atoms. The van der Waals surface area contributed by atoms with E-state index in [9.17, 15) is 4.79 Å². The third-order valence-electron chi connectivity index (χ3n) is 4.41. The Balaban J connectivity index is 1.65. The van der Waals surface area contributed by atoms with Crippen molar-refractivity contribution in [3.05, 3.63) is 81.6 Å². The standard InChI is InChI=1S/C22H22BrN3O2/c1-15-8-4-7-11-21(15)28-14-22(27)25-24-13-18-12-16(2)26(17(18)3)20-10-6-5-9-19(20)23/h4-13H,14H2,1-3H3,(H,25,27)/b24-13+. The van der Waals surface area contributed by atoms with Crippen LogP contribution in [0, 0.1) is 20.8 Å². The first-order valence-electron chi connectivity index (χ1n) is 8.91. The average molecular weight is 440 g/mol. The first-order valence-corrected chi connectivity index (χ1v) is 9.71. The first-order chi connectivity index (χ1) is 13.5. The molecule has 1 heterocycles. The quantitative estimate of drug-likeness (QED) is 0.447. The van der Waals surface area contributed by atoms with E-state index in [2.05, 4.69) is 37.1 Å². The molecule has 0 unspecified atom stereocenters. The topological polar surface area (TPSA) is 55.6 Å². The number of rotatable bonds is 6. The number of carbonyl (C=O) groups excluding carboxylic acids is 1. The monoisotopic (exact) mass is 439 g/mol. The highest BCUT2D eigenvalue weighted by Crippen LogP contribution is 2.26. The zero-order chi connectivity index (χ0) is 20.1. The molecular formula is C22H22BrN3O2. The van der Waals surface area contributed by atoms with Crippen molar-refractivity contribution in [2.45, 2.75) is 20.8 Å². The number of ether oxygens (including phenoxy) is 1. The van der Waals surface area contributed by atoms with Crippen LogP contribution >= 0.6 is 15.9 Å². The fourth-order valence-electron chi connectivity index (χ4n) is 2.99. The molecule has 144 valence electrons. The van der Waals surface area contributed by atoms with Crippen LogP contribution in [0.15, 0.2) is 64.2 Å². The Morgan fingerprint density at radius 1 is 1.14 bits per heavy atom. The van der Waals surface area contributed by atoms with Gasteiger partial charge in [0.1, 0.15) is 5.75 Å².